The second-order valence-electron chi connectivity index (χ2n) is 4.74. The highest BCUT2D eigenvalue weighted by molar-refractivity contribution is 7.99. The van der Waals surface area contributed by atoms with Gasteiger partial charge in [-0.1, -0.05) is 33.1 Å². The van der Waals surface area contributed by atoms with E-state index >= 15 is 0 Å². The number of unbranched alkanes of at least 4 members (excludes halogenated alkanes) is 1. The van der Waals surface area contributed by atoms with Gasteiger partial charge in [-0.2, -0.15) is 11.8 Å². The Morgan fingerprint density at radius 1 is 1.40 bits per heavy atom. The maximum absolute atomic E-state index is 3.76. The van der Waals surface area contributed by atoms with Crippen LogP contribution in [-0.2, 0) is 0 Å². The van der Waals surface area contributed by atoms with Gasteiger partial charge in [0.2, 0.25) is 0 Å². The largest absolute Gasteiger partial charge is 0.313 e. The zero-order valence-corrected chi connectivity index (χ0v) is 11.2. The summed E-state index contributed by atoms with van der Waals surface area (Å²) in [6.45, 7) is 5.87. The molecule has 1 N–H and O–H groups in total. The van der Waals surface area contributed by atoms with Gasteiger partial charge in [-0.25, -0.2) is 0 Å². The van der Waals surface area contributed by atoms with E-state index in [1.807, 2.05) is 0 Å². The van der Waals surface area contributed by atoms with Crippen LogP contribution in [0, 0.1) is 5.92 Å². The predicted molar refractivity (Wildman–Crippen MR) is 71.7 cm³/mol. The van der Waals surface area contributed by atoms with Gasteiger partial charge in [0.15, 0.2) is 0 Å². The van der Waals surface area contributed by atoms with E-state index in [-0.39, 0.29) is 0 Å². The highest BCUT2D eigenvalue weighted by Crippen LogP contribution is 2.18. The summed E-state index contributed by atoms with van der Waals surface area (Å²) in [5, 5.41) is 3.76. The Morgan fingerprint density at radius 3 is 2.87 bits per heavy atom. The lowest BCUT2D eigenvalue weighted by Gasteiger charge is -2.25. The molecular weight excluding hydrogens is 202 g/mol. The molecule has 0 saturated carbocycles. The van der Waals surface area contributed by atoms with Crippen molar-refractivity contribution >= 4 is 11.8 Å². The molecule has 0 amide bonds. The summed E-state index contributed by atoms with van der Waals surface area (Å²) < 4.78 is 0. The molecule has 1 nitrogen and oxygen atoms in total. The Kier molecular flexibility index (Phi) is 7.54. The zero-order chi connectivity index (χ0) is 10.9. The molecule has 1 saturated heterocycles. The van der Waals surface area contributed by atoms with Crippen molar-refractivity contribution in [3.63, 3.8) is 0 Å². The minimum atomic E-state index is 0.805. The molecule has 1 fully saturated rings. The molecule has 0 aliphatic carbocycles. The number of hydrogen-bond donors (Lipinski definition) is 1. The molecule has 2 heteroatoms. The third kappa shape index (κ3) is 5.82. The van der Waals surface area contributed by atoms with Crippen molar-refractivity contribution in [1.82, 2.24) is 5.32 Å². The number of hydrogen-bond acceptors (Lipinski definition) is 2. The van der Waals surface area contributed by atoms with Crippen LogP contribution in [0.25, 0.3) is 0 Å². The van der Waals surface area contributed by atoms with Crippen LogP contribution in [0.4, 0.5) is 0 Å². The standard InChI is InChI=1S/C13H27NS/c1-3-5-7-12(4-2)10-14-13-8-6-9-15-11-13/h12-14H,3-11H2,1-2H3/t12-,13-/m1/s1. The van der Waals surface area contributed by atoms with Crippen molar-refractivity contribution in [3.05, 3.63) is 0 Å². The fourth-order valence-electron chi connectivity index (χ4n) is 2.18. The topological polar surface area (TPSA) is 12.0 Å². The van der Waals surface area contributed by atoms with Crippen molar-refractivity contribution in [2.75, 3.05) is 18.1 Å². The average molecular weight is 229 g/mol. The van der Waals surface area contributed by atoms with E-state index in [1.165, 1.54) is 56.6 Å². The Labute approximate surface area is 99.8 Å². The second-order valence-corrected chi connectivity index (χ2v) is 5.89. The molecule has 1 aliphatic heterocycles. The van der Waals surface area contributed by atoms with Gasteiger partial charge in [0.05, 0.1) is 0 Å². The molecule has 0 unspecified atom stereocenters. The van der Waals surface area contributed by atoms with Crippen molar-refractivity contribution in [1.29, 1.82) is 0 Å². The Bertz CT molecular complexity index is 143. The van der Waals surface area contributed by atoms with Crippen LogP contribution in [-0.4, -0.2) is 24.1 Å². The highest BCUT2D eigenvalue weighted by Gasteiger charge is 2.14. The normalized spacial score (nSPS) is 24.0. The van der Waals surface area contributed by atoms with Crippen molar-refractivity contribution in [3.8, 4) is 0 Å². The smallest absolute Gasteiger partial charge is 0.0158 e. The quantitative estimate of drug-likeness (QED) is 0.714. The van der Waals surface area contributed by atoms with Crippen LogP contribution in [0.3, 0.4) is 0 Å². The van der Waals surface area contributed by atoms with E-state index in [1.54, 1.807) is 0 Å². The van der Waals surface area contributed by atoms with E-state index in [2.05, 4.69) is 30.9 Å². The van der Waals surface area contributed by atoms with Crippen LogP contribution < -0.4 is 5.32 Å². The van der Waals surface area contributed by atoms with E-state index in [4.69, 9.17) is 0 Å². The Morgan fingerprint density at radius 2 is 2.27 bits per heavy atom. The average Bonchev–Trinajstić information content (AvgIpc) is 2.31. The fourth-order valence-corrected chi connectivity index (χ4v) is 3.28. The Balaban J connectivity index is 2.09. The molecule has 1 rings (SSSR count). The third-order valence-electron chi connectivity index (χ3n) is 3.40. The molecular formula is C13H27NS. The number of thioether (sulfide) groups is 1. The molecule has 1 heterocycles. The van der Waals surface area contributed by atoms with Gasteiger partial charge >= 0.3 is 0 Å². The molecule has 2 atom stereocenters. The third-order valence-corrected chi connectivity index (χ3v) is 4.61. The van der Waals surface area contributed by atoms with E-state index in [0.717, 1.165) is 12.0 Å². The number of rotatable bonds is 7. The first kappa shape index (κ1) is 13.4. The van der Waals surface area contributed by atoms with Gasteiger partial charge in [0.1, 0.15) is 0 Å². The van der Waals surface area contributed by atoms with E-state index < -0.39 is 0 Å². The summed E-state index contributed by atoms with van der Waals surface area (Å²) in [5.74, 6) is 3.63. The van der Waals surface area contributed by atoms with E-state index in [0.29, 0.717) is 0 Å². The second kappa shape index (κ2) is 8.46. The van der Waals surface area contributed by atoms with Gasteiger partial charge in [-0.05, 0) is 37.5 Å². The lowest BCUT2D eigenvalue weighted by molar-refractivity contribution is 0.387. The van der Waals surface area contributed by atoms with Crippen LogP contribution in [0.2, 0.25) is 0 Å². The lowest BCUT2D eigenvalue weighted by atomic mass is 9.99. The Hall–Kier alpha value is 0.310. The van der Waals surface area contributed by atoms with E-state index in [9.17, 15) is 0 Å². The first-order valence-corrected chi connectivity index (χ1v) is 7.83. The van der Waals surface area contributed by atoms with Gasteiger partial charge < -0.3 is 5.32 Å². The molecule has 0 aromatic heterocycles. The monoisotopic (exact) mass is 229 g/mol. The lowest BCUT2D eigenvalue weighted by Crippen LogP contribution is -2.36. The van der Waals surface area contributed by atoms with Crippen LogP contribution in [0.15, 0.2) is 0 Å². The van der Waals surface area contributed by atoms with Crippen LogP contribution >= 0.6 is 11.8 Å². The minimum Gasteiger partial charge on any atom is -0.313 e. The van der Waals surface area contributed by atoms with Crippen LogP contribution in [0.5, 0.6) is 0 Å². The van der Waals surface area contributed by atoms with Gasteiger partial charge in [0, 0.05) is 11.8 Å². The summed E-state index contributed by atoms with van der Waals surface area (Å²) in [5.41, 5.74) is 0. The summed E-state index contributed by atoms with van der Waals surface area (Å²) >= 11 is 2.12. The minimum absolute atomic E-state index is 0.805. The predicted octanol–water partition coefficient (Wildman–Crippen LogP) is 3.69. The molecule has 0 radical (unpaired) electrons. The fraction of sp³-hybridized carbons (Fsp3) is 1.00. The molecule has 0 aromatic carbocycles. The summed E-state index contributed by atoms with van der Waals surface area (Å²) in [7, 11) is 0. The molecule has 0 spiro atoms. The summed E-state index contributed by atoms with van der Waals surface area (Å²) in [4.78, 5) is 0. The van der Waals surface area contributed by atoms with Crippen LogP contribution in [0.1, 0.15) is 52.4 Å². The number of nitrogens with one attached hydrogen (secondary N) is 1. The van der Waals surface area contributed by atoms with Gasteiger partial charge in [-0.15, -0.1) is 0 Å². The maximum Gasteiger partial charge on any atom is 0.0158 e. The van der Waals surface area contributed by atoms with Crippen molar-refractivity contribution in [2.24, 2.45) is 5.92 Å². The molecule has 0 aromatic rings. The molecule has 0 bridgehead atoms. The maximum atomic E-state index is 3.76. The van der Waals surface area contributed by atoms with Crippen molar-refractivity contribution in [2.45, 2.75) is 58.4 Å². The first-order chi connectivity index (χ1) is 7.36. The first-order valence-electron chi connectivity index (χ1n) is 6.68. The highest BCUT2D eigenvalue weighted by atomic mass is 32.2. The molecule has 15 heavy (non-hydrogen) atoms. The van der Waals surface area contributed by atoms with Gasteiger partial charge in [0.25, 0.3) is 0 Å². The molecule has 90 valence electrons. The SMILES string of the molecule is CCCC[C@@H](CC)CN[C@@H]1CCCSC1. The van der Waals surface area contributed by atoms with Crippen molar-refractivity contribution < 1.29 is 0 Å². The zero-order valence-electron chi connectivity index (χ0n) is 10.4. The van der Waals surface area contributed by atoms with Gasteiger partial charge in [-0.3, -0.25) is 0 Å². The summed E-state index contributed by atoms with van der Waals surface area (Å²) in [6.07, 6.45) is 8.31. The summed E-state index contributed by atoms with van der Waals surface area (Å²) in [6, 6.07) is 0.805. The molecule has 1 aliphatic rings.